The van der Waals surface area contributed by atoms with Gasteiger partial charge in [-0.05, 0) is 30.7 Å². The molecular weight excluding hydrogens is 354 g/mol. The SMILES string of the molecule is C=CC(=O)Cc1ccc(Nc2nc(Nc3cncc(OC)c3)ncc2C)cc1. The Balaban J connectivity index is 1.74. The van der Waals surface area contributed by atoms with Crippen molar-refractivity contribution < 1.29 is 9.53 Å². The van der Waals surface area contributed by atoms with Crippen molar-refractivity contribution in [3.8, 4) is 5.75 Å². The molecule has 2 aromatic heterocycles. The maximum atomic E-state index is 11.5. The largest absolute Gasteiger partial charge is 0.495 e. The van der Waals surface area contributed by atoms with Crippen LogP contribution in [0, 0.1) is 6.92 Å². The molecule has 0 unspecified atom stereocenters. The summed E-state index contributed by atoms with van der Waals surface area (Å²) in [5, 5.41) is 6.40. The van der Waals surface area contributed by atoms with Gasteiger partial charge >= 0.3 is 0 Å². The lowest BCUT2D eigenvalue weighted by Crippen LogP contribution is -2.03. The molecule has 0 aliphatic carbocycles. The molecule has 0 atom stereocenters. The van der Waals surface area contributed by atoms with Gasteiger partial charge in [-0.3, -0.25) is 9.78 Å². The van der Waals surface area contributed by atoms with E-state index in [0.29, 0.717) is 23.9 Å². The molecule has 0 aliphatic heterocycles. The quantitative estimate of drug-likeness (QED) is 0.576. The number of aromatic nitrogens is 3. The molecule has 0 aliphatic rings. The zero-order valence-corrected chi connectivity index (χ0v) is 15.8. The molecule has 2 heterocycles. The average molecular weight is 375 g/mol. The number of carbonyl (C=O) groups is 1. The maximum absolute atomic E-state index is 11.5. The number of pyridine rings is 1. The third-order valence-electron chi connectivity index (χ3n) is 4.00. The number of aryl methyl sites for hydroxylation is 1. The van der Waals surface area contributed by atoms with E-state index in [1.165, 1.54) is 6.08 Å². The van der Waals surface area contributed by atoms with Gasteiger partial charge in [-0.1, -0.05) is 18.7 Å². The number of allylic oxidation sites excluding steroid dienone is 1. The molecule has 3 aromatic rings. The van der Waals surface area contributed by atoms with Crippen LogP contribution in [0.1, 0.15) is 11.1 Å². The van der Waals surface area contributed by atoms with Crippen molar-refractivity contribution in [1.82, 2.24) is 15.0 Å². The molecule has 0 bridgehead atoms. The van der Waals surface area contributed by atoms with Crippen LogP contribution in [0.15, 0.2) is 61.6 Å². The average Bonchev–Trinajstić information content (AvgIpc) is 2.72. The van der Waals surface area contributed by atoms with Crippen LogP contribution in [0.4, 0.5) is 23.1 Å². The van der Waals surface area contributed by atoms with E-state index < -0.39 is 0 Å². The van der Waals surface area contributed by atoms with Crippen LogP contribution in [0.3, 0.4) is 0 Å². The fraction of sp³-hybridized carbons (Fsp3) is 0.143. The van der Waals surface area contributed by atoms with Crippen molar-refractivity contribution in [2.75, 3.05) is 17.7 Å². The molecule has 0 saturated heterocycles. The van der Waals surface area contributed by atoms with Gasteiger partial charge < -0.3 is 15.4 Å². The fourth-order valence-corrected chi connectivity index (χ4v) is 2.47. The molecule has 142 valence electrons. The molecule has 7 heteroatoms. The summed E-state index contributed by atoms with van der Waals surface area (Å²) >= 11 is 0. The fourth-order valence-electron chi connectivity index (χ4n) is 2.47. The number of anilines is 4. The van der Waals surface area contributed by atoms with E-state index in [1.54, 1.807) is 25.7 Å². The van der Waals surface area contributed by atoms with E-state index in [4.69, 9.17) is 4.74 Å². The summed E-state index contributed by atoms with van der Waals surface area (Å²) in [6, 6.07) is 9.44. The van der Waals surface area contributed by atoms with Gasteiger partial charge in [0, 0.05) is 29.9 Å². The monoisotopic (exact) mass is 375 g/mol. The second-order valence-electron chi connectivity index (χ2n) is 6.13. The van der Waals surface area contributed by atoms with Gasteiger partial charge in [0.1, 0.15) is 11.6 Å². The summed E-state index contributed by atoms with van der Waals surface area (Å²) in [5.74, 6) is 1.76. The first-order valence-electron chi connectivity index (χ1n) is 8.68. The Hall–Kier alpha value is -3.74. The van der Waals surface area contributed by atoms with Crippen molar-refractivity contribution in [3.63, 3.8) is 0 Å². The molecule has 1 aromatic carbocycles. The predicted molar refractivity (Wildman–Crippen MR) is 109 cm³/mol. The van der Waals surface area contributed by atoms with Gasteiger partial charge in [-0.2, -0.15) is 4.98 Å². The highest BCUT2D eigenvalue weighted by molar-refractivity contribution is 5.90. The van der Waals surface area contributed by atoms with Crippen molar-refractivity contribution in [2.45, 2.75) is 13.3 Å². The van der Waals surface area contributed by atoms with Crippen LogP contribution in [0.2, 0.25) is 0 Å². The Bertz CT molecular complexity index is 986. The van der Waals surface area contributed by atoms with E-state index in [0.717, 1.165) is 22.5 Å². The molecule has 0 spiro atoms. The van der Waals surface area contributed by atoms with Crippen LogP contribution < -0.4 is 15.4 Å². The zero-order chi connectivity index (χ0) is 19.9. The van der Waals surface area contributed by atoms with E-state index in [-0.39, 0.29) is 5.78 Å². The van der Waals surface area contributed by atoms with Crippen LogP contribution in [0.5, 0.6) is 5.75 Å². The van der Waals surface area contributed by atoms with Crippen molar-refractivity contribution in [2.24, 2.45) is 0 Å². The lowest BCUT2D eigenvalue weighted by atomic mass is 10.1. The third kappa shape index (κ3) is 4.91. The number of benzene rings is 1. The second kappa shape index (κ2) is 8.77. The maximum Gasteiger partial charge on any atom is 0.229 e. The highest BCUT2D eigenvalue weighted by Crippen LogP contribution is 2.22. The second-order valence-corrected chi connectivity index (χ2v) is 6.13. The van der Waals surface area contributed by atoms with Gasteiger partial charge in [-0.15, -0.1) is 0 Å². The highest BCUT2D eigenvalue weighted by atomic mass is 16.5. The van der Waals surface area contributed by atoms with Gasteiger partial charge in [0.2, 0.25) is 5.95 Å². The first-order valence-corrected chi connectivity index (χ1v) is 8.68. The standard InChI is InChI=1S/C21H21N5O2/c1-4-18(27)9-15-5-7-16(8-6-15)24-20-14(2)11-23-21(26-20)25-17-10-19(28-3)13-22-12-17/h4-8,10-13H,1,9H2,2-3H3,(H2,23,24,25,26). The summed E-state index contributed by atoms with van der Waals surface area (Å²) in [6.07, 6.45) is 6.71. The Morgan fingerprint density at radius 3 is 2.64 bits per heavy atom. The topological polar surface area (TPSA) is 89.0 Å². The van der Waals surface area contributed by atoms with Crippen LogP contribution in [-0.2, 0) is 11.2 Å². The number of rotatable bonds is 8. The van der Waals surface area contributed by atoms with Gasteiger partial charge in [0.25, 0.3) is 0 Å². The lowest BCUT2D eigenvalue weighted by molar-refractivity contribution is -0.114. The highest BCUT2D eigenvalue weighted by Gasteiger charge is 2.07. The molecule has 0 saturated carbocycles. The number of nitrogens with zero attached hydrogens (tertiary/aromatic N) is 3. The van der Waals surface area contributed by atoms with E-state index in [1.807, 2.05) is 37.3 Å². The van der Waals surface area contributed by atoms with Crippen molar-refractivity contribution in [3.05, 3.63) is 72.7 Å². The lowest BCUT2D eigenvalue weighted by Gasteiger charge is -2.11. The summed E-state index contributed by atoms with van der Waals surface area (Å²) in [7, 11) is 1.59. The summed E-state index contributed by atoms with van der Waals surface area (Å²) in [6.45, 7) is 5.42. The third-order valence-corrected chi connectivity index (χ3v) is 4.00. The Labute approximate surface area is 163 Å². The van der Waals surface area contributed by atoms with Crippen molar-refractivity contribution in [1.29, 1.82) is 0 Å². The van der Waals surface area contributed by atoms with E-state index >= 15 is 0 Å². The number of nitrogens with one attached hydrogen (secondary N) is 2. The summed E-state index contributed by atoms with van der Waals surface area (Å²) in [5.41, 5.74) is 3.43. The zero-order valence-electron chi connectivity index (χ0n) is 15.8. The number of ether oxygens (including phenoxy) is 1. The first-order chi connectivity index (χ1) is 13.6. The number of methoxy groups -OCH3 is 1. The Morgan fingerprint density at radius 2 is 1.93 bits per heavy atom. The Kier molecular flexibility index (Phi) is 5.96. The van der Waals surface area contributed by atoms with Crippen molar-refractivity contribution >= 4 is 28.9 Å². The molecular formula is C21H21N5O2. The molecule has 3 rings (SSSR count). The normalized spacial score (nSPS) is 10.2. The predicted octanol–water partition coefficient (Wildman–Crippen LogP) is 3.97. The molecule has 2 N–H and O–H groups in total. The number of hydrogen-bond acceptors (Lipinski definition) is 7. The van der Waals surface area contributed by atoms with Gasteiger partial charge in [0.15, 0.2) is 5.78 Å². The Morgan fingerprint density at radius 1 is 1.14 bits per heavy atom. The van der Waals surface area contributed by atoms with Gasteiger partial charge in [0.05, 0.1) is 25.2 Å². The number of carbonyl (C=O) groups excluding carboxylic acids is 1. The van der Waals surface area contributed by atoms with Crippen LogP contribution in [-0.4, -0.2) is 27.8 Å². The van der Waals surface area contributed by atoms with Gasteiger partial charge in [-0.25, -0.2) is 4.98 Å². The summed E-state index contributed by atoms with van der Waals surface area (Å²) in [4.78, 5) is 24.4. The minimum absolute atomic E-state index is 0.00453. The molecule has 0 fully saturated rings. The van der Waals surface area contributed by atoms with Crippen LogP contribution in [0.25, 0.3) is 0 Å². The summed E-state index contributed by atoms with van der Waals surface area (Å²) < 4.78 is 5.17. The molecule has 7 nitrogen and oxygen atoms in total. The van der Waals surface area contributed by atoms with Crippen LogP contribution >= 0.6 is 0 Å². The smallest absolute Gasteiger partial charge is 0.229 e. The molecule has 0 amide bonds. The minimum atomic E-state index is -0.00453. The number of ketones is 1. The van der Waals surface area contributed by atoms with E-state index in [2.05, 4.69) is 32.2 Å². The molecule has 28 heavy (non-hydrogen) atoms. The first kappa shape index (κ1) is 19.0. The minimum Gasteiger partial charge on any atom is -0.495 e. The van der Waals surface area contributed by atoms with E-state index in [9.17, 15) is 4.79 Å². The molecule has 0 radical (unpaired) electrons. The number of hydrogen-bond donors (Lipinski definition) is 2.